The van der Waals surface area contributed by atoms with Crippen molar-refractivity contribution >= 4 is 5.82 Å². The van der Waals surface area contributed by atoms with Gasteiger partial charge in [0.25, 0.3) is 0 Å². The zero-order valence-corrected chi connectivity index (χ0v) is 18.2. The molecular formula is C26H32N4O. The maximum Gasteiger partial charge on any atom is 0.174 e. The van der Waals surface area contributed by atoms with E-state index in [0.717, 1.165) is 53.6 Å². The van der Waals surface area contributed by atoms with Crippen LogP contribution in [0.3, 0.4) is 0 Å². The second-order valence-corrected chi connectivity index (χ2v) is 8.95. The fourth-order valence-electron chi connectivity index (χ4n) is 4.97. The van der Waals surface area contributed by atoms with E-state index in [2.05, 4.69) is 56.8 Å². The lowest BCUT2D eigenvalue weighted by Crippen LogP contribution is -2.29. The van der Waals surface area contributed by atoms with E-state index in [1.165, 1.54) is 51.4 Å². The quantitative estimate of drug-likeness (QED) is 0.523. The number of nitrogens with one attached hydrogen (secondary N) is 1. The monoisotopic (exact) mass is 416 g/mol. The van der Waals surface area contributed by atoms with Crippen LogP contribution in [0.2, 0.25) is 0 Å². The van der Waals surface area contributed by atoms with E-state index in [9.17, 15) is 0 Å². The number of likely N-dealkylation sites (tertiary alicyclic amines) is 1. The first-order valence-corrected chi connectivity index (χ1v) is 11.9. The van der Waals surface area contributed by atoms with Crippen LogP contribution in [0.25, 0.3) is 22.5 Å². The highest BCUT2D eigenvalue weighted by Gasteiger charge is 2.23. The highest BCUT2D eigenvalue weighted by molar-refractivity contribution is 5.82. The van der Waals surface area contributed by atoms with E-state index in [0.29, 0.717) is 6.04 Å². The standard InChI is InChI=1S/C26H32N4O/c1-4-10-20(11-5-1)26-25(23(29-31-26)19-30-16-8-3-9-17-30)21-14-15-27-24(18-21)28-22-12-6-2-7-13-22/h1,4-5,10-11,14-15,18,22H,2-3,6-9,12-13,16-17,19H2,(H,27,28). The zero-order chi connectivity index (χ0) is 20.9. The zero-order valence-electron chi connectivity index (χ0n) is 18.2. The van der Waals surface area contributed by atoms with Gasteiger partial charge in [-0.25, -0.2) is 4.98 Å². The highest BCUT2D eigenvalue weighted by atomic mass is 16.5. The van der Waals surface area contributed by atoms with Gasteiger partial charge in [-0.2, -0.15) is 0 Å². The van der Waals surface area contributed by atoms with Gasteiger partial charge in [-0.3, -0.25) is 4.90 Å². The van der Waals surface area contributed by atoms with Gasteiger partial charge >= 0.3 is 0 Å². The third-order valence-electron chi connectivity index (χ3n) is 6.63. The van der Waals surface area contributed by atoms with Crippen molar-refractivity contribution in [3.8, 4) is 22.5 Å². The minimum absolute atomic E-state index is 0.528. The molecule has 162 valence electrons. The Labute approximate surface area is 184 Å². The van der Waals surface area contributed by atoms with E-state index in [4.69, 9.17) is 4.52 Å². The predicted octanol–water partition coefficient (Wildman–Crippen LogP) is 6.13. The van der Waals surface area contributed by atoms with E-state index in [-0.39, 0.29) is 0 Å². The van der Waals surface area contributed by atoms with Crippen molar-refractivity contribution in [1.82, 2.24) is 15.0 Å². The first kappa shape index (κ1) is 20.3. The summed E-state index contributed by atoms with van der Waals surface area (Å²) in [7, 11) is 0. The Balaban J connectivity index is 1.48. The van der Waals surface area contributed by atoms with Gasteiger partial charge < -0.3 is 9.84 Å². The van der Waals surface area contributed by atoms with Crippen LogP contribution in [0, 0.1) is 0 Å². The largest absolute Gasteiger partial charge is 0.367 e. The van der Waals surface area contributed by atoms with Gasteiger partial charge in [-0.15, -0.1) is 0 Å². The summed E-state index contributed by atoms with van der Waals surface area (Å²) < 4.78 is 5.95. The van der Waals surface area contributed by atoms with Crippen LogP contribution in [0.4, 0.5) is 5.82 Å². The lowest BCUT2D eigenvalue weighted by Gasteiger charge is -2.25. The first-order chi connectivity index (χ1) is 15.4. The van der Waals surface area contributed by atoms with Gasteiger partial charge in [0.15, 0.2) is 5.76 Å². The smallest absolute Gasteiger partial charge is 0.174 e. The van der Waals surface area contributed by atoms with Gasteiger partial charge in [0.2, 0.25) is 0 Å². The minimum atomic E-state index is 0.528. The van der Waals surface area contributed by atoms with Gasteiger partial charge in [-0.05, 0) is 56.5 Å². The summed E-state index contributed by atoms with van der Waals surface area (Å²) >= 11 is 0. The molecule has 1 saturated heterocycles. The van der Waals surface area contributed by atoms with Gasteiger partial charge in [0, 0.05) is 24.3 Å². The summed E-state index contributed by atoms with van der Waals surface area (Å²) in [5, 5.41) is 8.22. The van der Waals surface area contributed by atoms with Crippen LogP contribution in [0.5, 0.6) is 0 Å². The van der Waals surface area contributed by atoms with E-state index >= 15 is 0 Å². The number of anilines is 1. The van der Waals surface area contributed by atoms with Crippen molar-refractivity contribution in [2.75, 3.05) is 18.4 Å². The number of nitrogens with zero attached hydrogens (tertiary/aromatic N) is 3. The molecule has 0 amide bonds. The molecule has 5 nitrogen and oxygen atoms in total. The summed E-state index contributed by atoms with van der Waals surface area (Å²) in [4.78, 5) is 7.12. The molecule has 5 rings (SSSR count). The minimum Gasteiger partial charge on any atom is -0.367 e. The first-order valence-electron chi connectivity index (χ1n) is 11.9. The van der Waals surface area contributed by atoms with Crippen LogP contribution in [-0.4, -0.2) is 34.2 Å². The third-order valence-corrected chi connectivity index (χ3v) is 6.63. The predicted molar refractivity (Wildman–Crippen MR) is 125 cm³/mol. The third kappa shape index (κ3) is 4.82. The fraction of sp³-hybridized carbons (Fsp3) is 0.462. The summed E-state index contributed by atoms with van der Waals surface area (Å²) in [6, 6.07) is 15.1. The van der Waals surface area contributed by atoms with Crippen molar-refractivity contribution in [3.63, 3.8) is 0 Å². The maximum atomic E-state index is 5.95. The number of benzene rings is 1. The van der Waals surface area contributed by atoms with Crippen LogP contribution >= 0.6 is 0 Å². The van der Waals surface area contributed by atoms with Crippen molar-refractivity contribution in [1.29, 1.82) is 0 Å². The molecule has 0 spiro atoms. The topological polar surface area (TPSA) is 54.2 Å². The lowest BCUT2D eigenvalue weighted by molar-refractivity contribution is 0.215. The number of rotatable bonds is 6. The van der Waals surface area contributed by atoms with Crippen LogP contribution in [0.15, 0.2) is 53.2 Å². The molecule has 1 saturated carbocycles. The van der Waals surface area contributed by atoms with Crippen molar-refractivity contribution in [2.45, 2.75) is 64.0 Å². The van der Waals surface area contributed by atoms with Crippen LogP contribution in [-0.2, 0) is 6.54 Å². The summed E-state index contributed by atoms with van der Waals surface area (Å²) in [5.74, 6) is 1.80. The molecule has 3 heterocycles. The van der Waals surface area contributed by atoms with E-state index in [1.807, 2.05) is 12.3 Å². The Kier molecular flexibility index (Phi) is 6.30. The van der Waals surface area contributed by atoms with E-state index in [1.54, 1.807) is 0 Å². The molecule has 1 aliphatic heterocycles. The summed E-state index contributed by atoms with van der Waals surface area (Å²) in [5.41, 5.74) is 4.32. The molecule has 0 atom stereocenters. The van der Waals surface area contributed by atoms with E-state index < -0.39 is 0 Å². The molecule has 2 aromatic heterocycles. The Morgan fingerprint density at radius 2 is 1.68 bits per heavy atom. The molecule has 0 bridgehead atoms. The Morgan fingerprint density at radius 3 is 2.48 bits per heavy atom. The molecular weight excluding hydrogens is 384 g/mol. The molecule has 1 aromatic carbocycles. The molecule has 0 radical (unpaired) electrons. The van der Waals surface area contributed by atoms with Gasteiger partial charge in [0.1, 0.15) is 11.5 Å². The Bertz CT molecular complexity index is 972. The normalized spacial score (nSPS) is 18.2. The summed E-state index contributed by atoms with van der Waals surface area (Å²) in [6.45, 7) is 3.11. The Hall–Kier alpha value is -2.66. The fourth-order valence-corrected chi connectivity index (χ4v) is 4.97. The number of hydrogen-bond donors (Lipinski definition) is 1. The molecule has 2 aliphatic rings. The second kappa shape index (κ2) is 9.65. The average Bonchev–Trinajstić information content (AvgIpc) is 3.25. The molecule has 0 unspecified atom stereocenters. The number of hydrogen-bond acceptors (Lipinski definition) is 5. The molecule has 2 fully saturated rings. The van der Waals surface area contributed by atoms with Gasteiger partial charge in [0.05, 0.1) is 5.56 Å². The molecule has 1 aliphatic carbocycles. The van der Waals surface area contributed by atoms with Crippen molar-refractivity contribution in [3.05, 3.63) is 54.4 Å². The summed E-state index contributed by atoms with van der Waals surface area (Å²) in [6.07, 6.45) is 12.2. The number of aromatic nitrogens is 2. The average molecular weight is 417 g/mol. The Morgan fingerprint density at radius 1 is 0.903 bits per heavy atom. The molecule has 3 aromatic rings. The second-order valence-electron chi connectivity index (χ2n) is 8.95. The highest BCUT2D eigenvalue weighted by Crippen LogP contribution is 2.37. The SMILES string of the molecule is c1ccc(-c2onc(CN3CCCCC3)c2-c2ccnc(NC3CCCCC3)c2)cc1. The molecule has 1 N–H and O–H groups in total. The van der Waals surface area contributed by atoms with Crippen molar-refractivity contribution < 1.29 is 4.52 Å². The maximum absolute atomic E-state index is 5.95. The number of pyridine rings is 1. The molecule has 5 heteroatoms. The van der Waals surface area contributed by atoms with Crippen LogP contribution < -0.4 is 5.32 Å². The van der Waals surface area contributed by atoms with Gasteiger partial charge in [-0.1, -0.05) is 61.2 Å². The van der Waals surface area contributed by atoms with Crippen molar-refractivity contribution in [2.24, 2.45) is 0 Å². The lowest BCUT2D eigenvalue weighted by atomic mass is 9.95. The van der Waals surface area contributed by atoms with Crippen LogP contribution in [0.1, 0.15) is 57.1 Å². The molecule has 31 heavy (non-hydrogen) atoms. The number of piperidine rings is 1.